The Hall–Kier alpha value is -6.50. The van der Waals surface area contributed by atoms with Crippen molar-refractivity contribution in [2.75, 3.05) is 0 Å². The summed E-state index contributed by atoms with van der Waals surface area (Å²) in [5.74, 6) is 1.20. The van der Waals surface area contributed by atoms with Crippen LogP contribution >= 0.6 is 11.3 Å². The van der Waals surface area contributed by atoms with Gasteiger partial charge in [0.2, 0.25) is 11.8 Å². The van der Waals surface area contributed by atoms with Crippen LogP contribution in [-0.4, -0.2) is 14.5 Å². The lowest BCUT2D eigenvalue weighted by molar-refractivity contribution is 0.619. The van der Waals surface area contributed by atoms with Crippen LogP contribution in [0.25, 0.3) is 104 Å². The summed E-state index contributed by atoms with van der Waals surface area (Å²) in [5, 5.41) is 4.81. The van der Waals surface area contributed by atoms with E-state index in [1.165, 1.54) is 31.3 Å². The van der Waals surface area contributed by atoms with E-state index in [1.54, 1.807) is 0 Å². The summed E-state index contributed by atoms with van der Waals surface area (Å²) < 4.78 is 17.3. The number of para-hydroxylation sites is 4. The van der Waals surface area contributed by atoms with Gasteiger partial charge in [0.15, 0.2) is 11.2 Å². The first-order chi connectivity index (χ1) is 24.7. The minimum absolute atomic E-state index is 0.601. The summed E-state index contributed by atoms with van der Waals surface area (Å²) in [6.45, 7) is 0. The van der Waals surface area contributed by atoms with E-state index in [1.807, 2.05) is 59.9 Å². The van der Waals surface area contributed by atoms with Crippen molar-refractivity contribution in [3.63, 3.8) is 0 Å². The van der Waals surface area contributed by atoms with E-state index in [0.717, 1.165) is 60.8 Å². The Morgan fingerprint density at radius 3 is 1.66 bits per heavy atom. The van der Waals surface area contributed by atoms with Crippen LogP contribution in [0.2, 0.25) is 0 Å². The van der Waals surface area contributed by atoms with Gasteiger partial charge in [0, 0.05) is 47.8 Å². The summed E-state index contributed by atoms with van der Waals surface area (Å²) in [6, 6.07) is 52.9. The monoisotopic (exact) mass is 659 g/mol. The van der Waals surface area contributed by atoms with Gasteiger partial charge < -0.3 is 13.4 Å². The van der Waals surface area contributed by atoms with Crippen molar-refractivity contribution in [1.82, 2.24) is 14.5 Å². The Kier molecular flexibility index (Phi) is 5.76. The molecule has 11 aromatic rings. The van der Waals surface area contributed by atoms with Gasteiger partial charge in [0.1, 0.15) is 11.0 Å². The molecule has 0 fully saturated rings. The summed E-state index contributed by atoms with van der Waals surface area (Å²) in [7, 11) is 0. The Bertz CT molecular complexity index is 2910. The first kappa shape index (κ1) is 27.5. The lowest BCUT2D eigenvalue weighted by Crippen LogP contribution is -1.94. The molecule has 50 heavy (non-hydrogen) atoms. The highest BCUT2D eigenvalue weighted by Crippen LogP contribution is 2.41. The first-order valence-electron chi connectivity index (χ1n) is 16.6. The molecule has 0 spiro atoms. The third kappa shape index (κ3) is 4.12. The number of oxazole rings is 2. The molecule has 234 valence electrons. The first-order valence-corrected chi connectivity index (χ1v) is 17.4. The number of hydrogen-bond acceptors (Lipinski definition) is 5. The molecule has 0 N–H and O–H groups in total. The maximum absolute atomic E-state index is 6.20. The third-order valence-electron chi connectivity index (χ3n) is 9.69. The number of benzene rings is 7. The van der Waals surface area contributed by atoms with Gasteiger partial charge in [-0.2, -0.15) is 0 Å². The van der Waals surface area contributed by atoms with Crippen LogP contribution < -0.4 is 0 Å². The molecule has 0 bridgehead atoms. The molecule has 7 aromatic carbocycles. The van der Waals surface area contributed by atoms with Crippen molar-refractivity contribution in [2.45, 2.75) is 0 Å². The number of rotatable bonds is 4. The zero-order chi connectivity index (χ0) is 32.8. The van der Waals surface area contributed by atoms with Gasteiger partial charge in [-0.05, 0) is 96.1 Å². The lowest BCUT2D eigenvalue weighted by Gasteiger charge is -2.10. The van der Waals surface area contributed by atoms with E-state index in [9.17, 15) is 0 Å². The van der Waals surface area contributed by atoms with Gasteiger partial charge in [-0.15, -0.1) is 11.3 Å². The predicted molar refractivity (Wildman–Crippen MR) is 205 cm³/mol. The van der Waals surface area contributed by atoms with Crippen LogP contribution in [0.4, 0.5) is 0 Å². The molecule has 0 radical (unpaired) electrons. The molecule has 0 amide bonds. The van der Waals surface area contributed by atoms with Crippen molar-refractivity contribution >= 4 is 75.5 Å². The standard InChI is InChI=1S/C44H25N3O2S/c1-6-14-40-31(8-1)42-30(9-7-15-41(42)50-40)26-16-20-29(21-17-26)47-36-22-18-27(43-45-34-10-2-4-12-38(34)48-43)24-32(36)33-25-28(19-23-37(33)47)44-46-35-11-3-5-13-39(35)49-44/h1-25H. The molecule has 0 saturated carbocycles. The van der Waals surface area contributed by atoms with E-state index in [4.69, 9.17) is 18.8 Å². The summed E-state index contributed by atoms with van der Waals surface area (Å²) >= 11 is 1.85. The minimum atomic E-state index is 0.601. The SMILES string of the molecule is c1ccc2oc(-c3ccc4c(c3)c3cc(-c5nc6ccccc6o5)ccc3n4-c3ccc(-c4cccc5sc6ccccc6c45)cc3)nc2c1. The molecule has 0 unspecified atom stereocenters. The summed E-state index contributed by atoms with van der Waals surface area (Å²) in [4.78, 5) is 9.60. The summed E-state index contributed by atoms with van der Waals surface area (Å²) in [6.07, 6.45) is 0. The Morgan fingerprint density at radius 2 is 1.02 bits per heavy atom. The third-order valence-corrected chi connectivity index (χ3v) is 10.8. The quantitative estimate of drug-likeness (QED) is 0.189. The van der Waals surface area contributed by atoms with Crippen LogP contribution in [0, 0.1) is 0 Å². The largest absolute Gasteiger partial charge is 0.436 e. The smallest absolute Gasteiger partial charge is 0.227 e. The maximum atomic E-state index is 6.20. The lowest BCUT2D eigenvalue weighted by atomic mass is 9.99. The van der Waals surface area contributed by atoms with E-state index in [0.29, 0.717) is 11.8 Å². The van der Waals surface area contributed by atoms with Crippen molar-refractivity contribution in [3.8, 4) is 39.7 Å². The van der Waals surface area contributed by atoms with Crippen LogP contribution in [0.3, 0.4) is 0 Å². The fraction of sp³-hybridized carbons (Fsp3) is 0. The van der Waals surface area contributed by atoms with Crippen LogP contribution in [-0.2, 0) is 0 Å². The molecule has 0 saturated heterocycles. The predicted octanol–water partition coefficient (Wildman–Crippen LogP) is 12.4. The zero-order valence-corrected chi connectivity index (χ0v) is 27.3. The summed E-state index contributed by atoms with van der Waals surface area (Å²) in [5.41, 5.74) is 10.8. The van der Waals surface area contributed by atoms with Crippen molar-refractivity contribution in [2.24, 2.45) is 0 Å². The average molecular weight is 660 g/mol. The molecule has 0 aliphatic carbocycles. The highest BCUT2D eigenvalue weighted by molar-refractivity contribution is 7.25. The normalized spacial score (nSPS) is 12.0. The molecule has 11 rings (SSSR count). The second-order valence-corrected chi connectivity index (χ2v) is 13.7. The fourth-order valence-corrected chi connectivity index (χ4v) is 8.50. The molecule has 6 heteroatoms. The van der Waals surface area contributed by atoms with Crippen LogP contribution in [0.15, 0.2) is 160 Å². The Labute approximate surface area is 289 Å². The van der Waals surface area contributed by atoms with E-state index in [-0.39, 0.29) is 0 Å². The number of thiophene rings is 1. The highest BCUT2D eigenvalue weighted by Gasteiger charge is 2.18. The molecule has 0 atom stereocenters. The number of aromatic nitrogens is 3. The van der Waals surface area contributed by atoms with Gasteiger partial charge in [-0.25, -0.2) is 9.97 Å². The van der Waals surface area contributed by atoms with Gasteiger partial charge in [-0.3, -0.25) is 0 Å². The van der Waals surface area contributed by atoms with Gasteiger partial charge in [0.25, 0.3) is 0 Å². The Balaban J connectivity index is 1.10. The molecule has 0 aliphatic heterocycles. The molecule has 4 heterocycles. The van der Waals surface area contributed by atoms with Crippen molar-refractivity contribution < 1.29 is 8.83 Å². The number of hydrogen-bond donors (Lipinski definition) is 0. The second kappa shape index (κ2) is 10.5. The van der Waals surface area contributed by atoms with Gasteiger partial charge in [-0.1, -0.05) is 66.7 Å². The van der Waals surface area contributed by atoms with Crippen molar-refractivity contribution in [3.05, 3.63) is 152 Å². The van der Waals surface area contributed by atoms with E-state index in [2.05, 4.69) is 108 Å². The Morgan fingerprint density at radius 1 is 0.460 bits per heavy atom. The molecular weight excluding hydrogens is 635 g/mol. The molecule has 5 nitrogen and oxygen atoms in total. The highest BCUT2D eigenvalue weighted by atomic mass is 32.1. The van der Waals surface area contributed by atoms with Gasteiger partial charge >= 0.3 is 0 Å². The van der Waals surface area contributed by atoms with E-state index >= 15 is 0 Å². The molecular formula is C44H25N3O2S. The van der Waals surface area contributed by atoms with Crippen LogP contribution in [0.5, 0.6) is 0 Å². The fourth-order valence-electron chi connectivity index (χ4n) is 7.36. The zero-order valence-electron chi connectivity index (χ0n) is 26.5. The average Bonchev–Trinajstić information content (AvgIpc) is 3.96. The minimum Gasteiger partial charge on any atom is -0.436 e. The number of fused-ring (bicyclic) bond motifs is 8. The van der Waals surface area contributed by atoms with E-state index < -0.39 is 0 Å². The number of nitrogens with zero attached hydrogens (tertiary/aromatic N) is 3. The second-order valence-electron chi connectivity index (χ2n) is 12.6. The van der Waals surface area contributed by atoms with Crippen LogP contribution in [0.1, 0.15) is 0 Å². The molecule has 0 aliphatic rings. The topological polar surface area (TPSA) is 57.0 Å². The van der Waals surface area contributed by atoms with Gasteiger partial charge in [0.05, 0.1) is 11.0 Å². The molecule has 4 aromatic heterocycles. The maximum Gasteiger partial charge on any atom is 0.227 e. The van der Waals surface area contributed by atoms with Crippen molar-refractivity contribution in [1.29, 1.82) is 0 Å².